The molecule has 142 valence electrons. The van der Waals surface area contributed by atoms with Crippen LogP contribution in [0.1, 0.15) is 24.3 Å². The molecule has 3 aromatic rings. The molecule has 0 spiro atoms. The first-order valence-corrected chi connectivity index (χ1v) is 8.68. The maximum atomic E-state index is 12.7. The van der Waals surface area contributed by atoms with Gasteiger partial charge in [0, 0.05) is 6.42 Å². The summed E-state index contributed by atoms with van der Waals surface area (Å²) in [7, 11) is 0. The highest BCUT2D eigenvalue weighted by molar-refractivity contribution is 5.69. The average molecular weight is 372 g/mol. The van der Waals surface area contributed by atoms with E-state index in [-0.39, 0.29) is 30.6 Å². The molecule has 0 bridgehead atoms. The Hall–Kier alpha value is -2.59. The highest BCUT2D eigenvalue weighted by Gasteiger charge is 2.35. The van der Waals surface area contributed by atoms with Gasteiger partial charge >= 0.3 is 0 Å². The van der Waals surface area contributed by atoms with Crippen LogP contribution in [0.5, 0.6) is 0 Å². The average Bonchev–Trinajstić information content (AvgIpc) is 3.28. The Bertz CT molecular complexity index is 986. The Labute approximate surface area is 154 Å². The van der Waals surface area contributed by atoms with Crippen LogP contribution in [-0.4, -0.2) is 53.2 Å². The molecule has 3 N–H and O–H groups in total. The van der Waals surface area contributed by atoms with E-state index in [1.54, 1.807) is 16.7 Å². The molecule has 27 heavy (non-hydrogen) atoms. The predicted octanol–water partition coefficient (Wildman–Crippen LogP) is -0.0327. The maximum Gasteiger partial charge on any atom is 0.281 e. The van der Waals surface area contributed by atoms with Gasteiger partial charge < -0.3 is 20.1 Å². The first-order chi connectivity index (χ1) is 13.1. The molecule has 0 aliphatic carbocycles. The highest BCUT2D eigenvalue weighted by atomic mass is 16.5. The van der Waals surface area contributed by atoms with Crippen LogP contribution < -0.4 is 5.56 Å². The van der Waals surface area contributed by atoms with Crippen LogP contribution in [0.3, 0.4) is 0 Å². The van der Waals surface area contributed by atoms with E-state index in [4.69, 9.17) is 4.74 Å². The number of ether oxygens (including phenoxy) is 1. The van der Waals surface area contributed by atoms with Gasteiger partial charge in [-0.1, -0.05) is 30.3 Å². The fraction of sp³-hybridized carbons (Fsp3) is 0.389. The summed E-state index contributed by atoms with van der Waals surface area (Å²) in [5.41, 5.74) is 0.828. The number of rotatable bonds is 5. The number of hydrogen-bond donors (Lipinski definition) is 3. The summed E-state index contributed by atoms with van der Waals surface area (Å²) in [6.07, 6.45) is 0.211. The molecule has 1 aliphatic rings. The Morgan fingerprint density at radius 3 is 2.70 bits per heavy atom. The molecule has 1 saturated heterocycles. The topological polar surface area (TPSA) is 123 Å². The third-order valence-electron chi connectivity index (χ3n) is 4.80. The van der Waals surface area contributed by atoms with Gasteiger partial charge in [-0.05, 0) is 5.56 Å². The van der Waals surface area contributed by atoms with Gasteiger partial charge in [0.15, 0.2) is 11.2 Å². The second-order valence-corrected chi connectivity index (χ2v) is 6.57. The summed E-state index contributed by atoms with van der Waals surface area (Å²) in [5, 5.41) is 29.5. The minimum atomic E-state index is -0.844. The summed E-state index contributed by atoms with van der Waals surface area (Å²) < 4.78 is 8.50. The van der Waals surface area contributed by atoms with Crippen LogP contribution >= 0.6 is 0 Å². The number of imidazole rings is 1. The van der Waals surface area contributed by atoms with E-state index < -0.39 is 24.5 Å². The minimum Gasteiger partial charge on any atom is -0.394 e. The molecule has 2 aromatic heterocycles. The summed E-state index contributed by atoms with van der Waals surface area (Å²) >= 11 is 0. The largest absolute Gasteiger partial charge is 0.394 e. The number of aliphatic hydroxyl groups excluding tert-OH is 3. The summed E-state index contributed by atoms with van der Waals surface area (Å²) in [5.74, 6) is 0. The standard InChI is InChI=1S/C18H20N4O5/c23-8-14-12(24)6-15(27-14)22-10-19-16-17(22)20-9-21(18(16)26)7-13(25)11-4-2-1-3-5-11/h1-5,9-10,12-15,23-25H,6-8H2/t12-,13?,14+,15+/m0/s1. The van der Waals surface area contributed by atoms with Gasteiger partial charge in [0.2, 0.25) is 0 Å². The zero-order valence-electron chi connectivity index (χ0n) is 14.4. The molecule has 0 radical (unpaired) electrons. The van der Waals surface area contributed by atoms with Gasteiger partial charge in [0.1, 0.15) is 18.7 Å². The second kappa shape index (κ2) is 7.20. The molecule has 9 nitrogen and oxygen atoms in total. The van der Waals surface area contributed by atoms with Crippen LogP contribution in [0.15, 0.2) is 47.8 Å². The number of hydrogen-bond acceptors (Lipinski definition) is 7. The molecule has 4 rings (SSSR count). The number of benzene rings is 1. The van der Waals surface area contributed by atoms with Crippen LogP contribution in [0.25, 0.3) is 11.2 Å². The third kappa shape index (κ3) is 3.26. The lowest BCUT2D eigenvalue weighted by Gasteiger charge is -2.14. The fourth-order valence-corrected chi connectivity index (χ4v) is 3.30. The molecule has 0 saturated carbocycles. The third-order valence-corrected chi connectivity index (χ3v) is 4.80. The number of fused-ring (bicyclic) bond motifs is 1. The van der Waals surface area contributed by atoms with E-state index in [1.165, 1.54) is 17.2 Å². The van der Waals surface area contributed by atoms with Crippen molar-refractivity contribution in [2.75, 3.05) is 6.61 Å². The van der Waals surface area contributed by atoms with Crippen molar-refractivity contribution in [3.8, 4) is 0 Å². The lowest BCUT2D eigenvalue weighted by atomic mass is 10.1. The molecule has 9 heteroatoms. The fourth-order valence-electron chi connectivity index (χ4n) is 3.30. The molecule has 1 aliphatic heterocycles. The molecule has 3 heterocycles. The van der Waals surface area contributed by atoms with E-state index in [2.05, 4.69) is 9.97 Å². The number of nitrogens with zero attached hydrogens (tertiary/aromatic N) is 4. The number of aliphatic hydroxyl groups is 3. The van der Waals surface area contributed by atoms with E-state index in [0.717, 1.165) is 0 Å². The lowest BCUT2D eigenvalue weighted by Crippen LogP contribution is -2.24. The van der Waals surface area contributed by atoms with Gasteiger partial charge in [-0.15, -0.1) is 0 Å². The molecule has 1 fully saturated rings. The zero-order valence-corrected chi connectivity index (χ0v) is 14.4. The lowest BCUT2D eigenvalue weighted by molar-refractivity contribution is -0.0432. The minimum absolute atomic E-state index is 0.0594. The van der Waals surface area contributed by atoms with Crippen molar-refractivity contribution in [2.45, 2.75) is 37.5 Å². The molecule has 1 aromatic carbocycles. The summed E-state index contributed by atoms with van der Waals surface area (Å²) in [6, 6.07) is 9.07. The van der Waals surface area contributed by atoms with E-state index in [0.29, 0.717) is 11.2 Å². The van der Waals surface area contributed by atoms with E-state index >= 15 is 0 Å². The van der Waals surface area contributed by atoms with Gasteiger partial charge in [0.25, 0.3) is 5.56 Å². The number of aromatic nitrogens is 4. The van der Waals surface area contributed by atoms with Crippen LogP contribution in [0, 0.1) is 0 Å². The van der Waals surface area contributed by atoms with Crippen LogP contribution in [0.2, 0.25) is 0 Å². The smallest absolute Gasteiger partial charge is 0.281 e. The molecule has 4 atom stereocenters. The first kappa shape index (κ1) is 17.8. The monoisotopic (exact) mass is 372 g/mol. The molecular weight excluding hydrogens is 352 g/mol. The first-order valence-electron chi connectivity index (χ1n) is 8.68. The van der Waals surface area contributed by atoms with Crippen molar-refractivity contribution >= 4 is 11.2 Å². The second-order valence-electron chi connectivity index (χ2n) is 6.57. The van der Waals surface area contributed by atoms with Crippen molar-refractivity contribution < 1.29 is 20.1 Å². The van der Waals surface area contributed by atoms with Crippen molar-refractivity contribution in [3.05, 3.63) is 58.9 Å². The van der Waals surface area contributed by atoms with Gasteiger partial charge in [-0.2, -0.15) is 0 Å². The molecule has 1 unspecified atom stereocenters. The highest BCUT2D eigenvalue weighted by Crippen LogP contribution is 2.30. The van der Waals surface area contributed by atoms with E-state index in [1.807, 2.05) is 18.2 Å². The molecule has 0 amide bonds. The van der Waals surface area contributed by atoms with Crippen molar-refractivity contribution in [1.82, 2.24) is 19.1 Å². The van der Waals surface area contributed by atoms with Gasteiger partial charge in [0.05, 0.1) is 31.7 Å². The van der Waals surface area contributed by atoms with Crippen molar-refractivity contribution in [2.24, 2.45) is 0 Å². The predicted molar refractivity (Wildman–Crippen MR) is 94.8 cm³/mol. The quantitative estimate of drug-likeness (QED) is 0.575. The Kier molecular flexibility index (Phi) is 4.75. The SMILES string of the molecule is O=c1c2ncn([C@H]3C[C@H](O)[C@@H](CO)O3)c2ncn1CC(O)c1ccccc1. The summed E-state index contributed by atoms with van der Waals surface area (Å²) in [6.45, 7) is -0.230. The molecular formula is C18H20N4O5. The normalized spacial score (nSPS) is 23.7. The Morgan fingerprint density at radius 1 is 1.22 bits per heavy atom. The summed E-state index contributed by atoms with van der Waals surface area (Å²) in [4.78, 5) is 21.2. The van der Waals surface area contributed by atoms with Crippen molar-refractivity contribution in [3.63, 3.8) is 0 Å². The van der Waals surface area contributed by atoms with Gasteiger partial charge in [-0.3, -0.25) is 13.9 Å². The zero-order chi connectivity index (χ0) is 19.0. The maximum absolute atomic E-state index is 12.7. The van der Waals surface area contributed by atoms with Gasteiger partial charge in [-0.25, -0.2) is 9.97 Å². The van der Waals surface area contributed by atoms with Crippen LogP contribution in [-0.2, 0) is 11.3 Å². The van der Waals surface area contributed by atoms with Crippen LogP contribution in [0.4, 0.5) is 0 Å². The van der Waals surface area contributed by atoms with E-state index in [9.17, 15) is 20.1 Å². The Morgan fingerprint density at radius 2 is 2.00 bits per heavy atom. The Balaban J connectivity index is 1.62. The van der Waals surface area contributed by atoms with Crippen molar-refractivity contribution in [1.29, 1.82) is 0 Å².